The number of rotatable bonds is 2. The van der Waals surface area contributed by atoms with Crippen LogP contribution in [0.1, 0.15) is 48.8 Å². The molecular weight excluding hydrogens is 328 g/mol. The van der Waals surface area contributed by atoms with Gasteiger partial charge in [-0.25, -0.2) is 9.36 Å². The molecule has 1 aromatic carbocycles. The van der Waals surface area contributed by atoms with E-state index in [0.717, 1.165) is 16.8 Å². The van der Waals surface area contributed by atoms with Crippen LogP contribution in [0.15, 0.2) is 27.8 Å². The molecule has 1 aliphatic carbocycles. The Morgan fingerprint density at radius 1 is 1.08 bits per heavy atom. The van der Waals surface area contributed by atoms with Crippen LogP contribution in [0.25, 0.3) is 5.69 Å². The number of aromatic nitrogens is 2. The quantitative estimate of drug-likeness (QED) is 0.870. The van der Waals surface area contributed by atoms with Crippen molar-refractivity contribution in [2.24, 2.45) is 0 Å². The predicted molar refractivity (Wildman–Crippen MR) is 103 cm³/mol. The number of fused-ring (bicyclic) bond motifs is 1. The molecule has 2 aromatic rings. The van der Waals surface area contributed by atoms with Gasteiger partial charge in [0, 0.05) is 12.6 Å². The van der Waals surface area contributed by atoms with Crippen LogP contribution in [0, 0.1) is 13.8 Å². The van der Waals surface area contributed by atoms with E-state index < -0.39 is 0 Å². The second-order valence-corrected chi connectivity index (χ2v) is 7.51. The molecule has 0 amide bonds. The molecule has 0 saturated heterocycles. The zero-order valence-corrected chi connectivity index (χ0v) is 15.5. The van der Waals surface area contributed by atoms with Crippen molar-refractivity contribution in [2.45, 2.75) is 58.5 Å². The third-order valence-corrected chi connectivity index (χ3v) is 5.93. The van der Waals surface area contributed by atoms with Crippen LogP contribution < -0.4 is 16.6 Å². The standard InChI is InChI=1S/C20H26N4O2/c1-13-7-6-10-17(14(13)2)24-18-16(19(25)22-20(24)26)11-23(12-21-18)15-8-4-3-5-9-15/h6-7,10,15,21H,3-5,8-9,11-12H2,1-2H3,(H,22,25,26). The Balaban J connectivity index is 1.79. The van der Waals surface area contributed by atoms with E-state index in [1.54, 1.807) is 4.57 Å². The molecule has 138 valence electrons. The molecule has 0 unspecified atom stereocenters. The van der Waals surface area contributed by atoms with E-state index in [0.29, 0.717) is 30.6 Å². The summed E-state index contributed by atoms with van der Waals surface area (Å²) >= 11 is 0. The number of aromatic amines is 1. The first-order chi connectivity index (χ1) is 12.6. The highest BCUT2D eigenvalue weighted by molar-refractivity contribution is 5.55. The molecule has 0 spiro atoms. The van der Waals surface area contributed by atoms with Gasteiger partial charge in [-0.2, -0.15) is 0 Å². The monoisotopic (exact) mass is 354 g/mol. The van der Waals surface area contributed by atoms with E-state index in [1.807, 2.05) is 32.0 Å². The molecule has 6 nitrogen and oxygen atoms in total. The van der Waals surface area contributed by atoms with Gasteiger partial charge < -0.3 is 5.32 Å². The van der Waals surface area contributed by atoms with Crippen LogP contribution in [0.5, 0.6) is 0 Å². The molecule has 1 fully saturated rings. The number of benzene rings is 1. The molecular formula is C20H26N4O2. The Kier molecular flexibility index (Phi) is 4.44. The summed E-state index contributed by atoms with van der Waals surface area (Å²) in [7, 11) is 0. The molecule has 4 rings (SSSR count). The summed E-state index contributed by atoms with van der Waals surface area (Å²) in [4.78, 5) is 30.0. The van der Waals surface area contributed by atoms with E-state index in [2.05, 4.69) is 15.2 Å². The first-order valence-electron chi connectivity index (χ1n) is 9.49. The van der Waals surface area contributed by atoms with Crippen molar-refractivity contribution >= 4 is 5.82 Å². The van der Waals surface area contributed by atoms with Crippen molar-refractivity contribution in [3.8, 4) is 5.69 Å². The summed E-state index contributed by atoms with van der Waals surface area (Å²) in [6.45, 7) is 5.30. The molecule has 1 aromatic heterocycles. The van der Waals surface area contributed by atoms with Crippen LogP contribution >= 0.6 is 0 Å². The molecule has 1 aliphatic heterocycles. The van der Waals surface area contributed by atoms with Gasteiger partial charge in [-0.3, -0.25) is 14.7 Å². The van der Waals surface area contributed by atoms with Gasteiger partial charge in [-0.1, -0.05) is 31.4 Å². The van der Waals surface area contributed by atoms with Crippen LogP contribution in [0.4, 0.5) is 5.82 Å². The zero-order valence-electron chi connectivity index (χ0n) is 15.5. The van der Waals surface area contributed by atoms with Crippen LogP contribution in [-0.4, -0.2) is 27.2 Å². The summed E-state index contributed by atoms with van der Waals surface area (Å²) in [5.74, 6) is 0.638. The minimum atomic E-state index is -0.388. The first-order valence-corrected chi connectivity index (χ1v) is 9.49. The molecule has 1 saturated carbocycles. The van der Waals surface area contributed by atoms with Gasteiger partial charge in [0.25, 0.3) is 5.56 Å². The molecule has 2 heterocycles. The van der Waals surface area contributed by atoms with Gasteiger partial charge in [0.15, 0.2) is 0 Å². The second kappa shape index (κ2) is 6.76. The van der Waals surface area contributed by atoms with Crippen molar-refractivity contribution in [3.05, 3.63) is 55.7 Å². The van der Waals surface area contributed by atoms with E-state index in [9.17, 15) is 9.59 Å². The molecule has 6 heteroatoms. The van der Waals surface area contributed by atoms with Gasteiger partial charge in [0.05, 0.1) is 17.9 Å². The Morgan fingerprint density at radius 3 is 2.62 bits per heavy atom. The lowest BCUT2D eigenvalue weighted by atomic mass is 9.94. The fourth-order valence-electron chi connectivity index (χ4n) is 4.25. The molecule has 26 heavy (non-hydrogen) atoms. The lowest BCUT2D eigenvalue weighted by Crippen LogP contribution is -2.47. The van der Waals surface area contributed by atoms with Gasteiger partial charge in [0.2, 0.25) is 0 Å². The zero-order chi connectivity index (χ0) is 18.3. The van der Waals surface area contributed by atoms with Crippen molar-refractivity contribution in [3.63, 3.8) is 0 Å². The summed E-state index contributed by atoms with van der Waals surface area (Å²) in [6, 6.07) is 6.42. The van der Waals surface area contributed by atoms with E-state index in [4.69, 9.17) is 0 Å². The molecule has 2 aliphatic rings. The summed E-state index contributed by atoms with van der Waals surface area (Å²) < 4.78 is 1.62. The van der Waals surface area contributed by atoms with Gasteiger partial charge in [0.1, 0.15) is 5.82 Å². The maximum Gasteiger partial charge on any atom is 0.334 e. The van der Waals surface area contributed by atoms with Crippen LogP contribution in [0.2, 0.25) is 0 Å². The lowest BCUT2D eigenvalue weighted by molar-refractivity contribution is 0.152. The Hall–Kier alpha value is -2.34. The number of aryl methyl sites for hydroxylation is 1. The minimum absolute atomic E-state index is 0.278. The van der Waals surface area contributed by atoms with Crippen LogP contribution in [-0.2, 0) is 6.54 Å². The molecule has 0 radical (unpaired) electrons. The van der Waals surface area contributed by atoms with Crippen molar-refractivity contribution in [1.82, 2.24) is 14.5 Å². The number of anilines is 1. The summed E-state index contributed by atoms with van der Waals surface area (Å²) in [5, 5.41) is 3.37. The van der Waals surface area contributed by atoms with Crippen molar-refractivity contribution in [1.29, 1.82) is 0 Å². The average molecular weight is 354 g/mol. The highest BCUT2D eigenvalue weighted by atomic mass is 16.2. The smallest absolute Gasteiger partial charge is 0.334 e. The number of hydrogen-bond donors (Lipinski definition) is 2. The maximum absolute atomic E-state index is 12.6. The van der Waals surface area contributed by atoms with Gasteiger partial charge >= 0.3 is 5.69 Å². The van der Waals surface area contributed by atoms with E-state index in [-0.39, 0.29) is 11.2 Å². The summed E-state index contributed by atoms with van der Waals surface area (Å²) in [6.07, 6.45) is 6.19. The van der Waals surface area contributed by atoms with E-state index >= 15 is 0 Å². The highest BCUT2D eigenvalue weighted by Crippen LogP contribution is 2.28. The first kappa shape index (κ1) is 17.1. The van der Waals surface area contributed by atoms with Crippen LogP contribution in [0.3, 0.4) is 0 Å². The molecule has 0 bridgehead atoms. The van der Waals surface area contributed by atoms with Crippen molar-refractivity contribution in [2.75, 3.05) is 12.0 Å². The fourth-order valence-corrected chi connectivity index (χ4v) is 4.25. The van der Waals surface area contributed by atoms with E-state index in [1.165, 1.54) is 32.1 Å². The average Bonchev–Trinajstić information content (AvgIpc) is 2.65. The second-order valence-electron chi connectivity index (χ2n) is 7.51. The Morgan fingerprint density at radius 2 is 1.85 bits per heavy atom. The number of nitrogens with one attached hydrogen (secondary N) is 2. The third-order valence-electron chi connectivity index (χ3n) is 5.93. The molecule has 0 atom stereocenters. The number of nitrogens with zero attached hydrogens (tertiary/aromatic N) is 2. The minimum Gasteiger partial charge on any atom is -0.358 e. The maximum atomic E-state index is 12.6. The third kappa shape index (κ3) is 2.88. The Bertz CT molecular complexity index is 938. The Labute approximate surface area is 152 Å². The normalized spacial score (nSPS) is 18.4. The summed E-state index contributed by atoms with van der Waals surface area (Å²) in [5.41, 5.74) is 2.97. The van der Waals surface area contributed by atoms with Gasteiger partial charge in [-0.05, 0) is 43.9 Å². The molecule has 2 N–H and O–H groups in total. The predicted octanol–water partition coefficient (Wildman–Crippen LogP) is 2.66. The topological polar surface area (TPSA) is 70.1 Å². The van der Waals surface area contributed by atoms with Gasteiger partial charge in [-0.15, -0.1) is 0 Å². The van der Waals surface area contributed by atoms with Crippen molar-refractivity contribution < 1.29 is 0 Å². The largest absolute Gasteiger partial charge is 0.358 e. The SMILES string of the molecule is Cc1cccc(-n2c3c(c(=O)[nH]c2=O)CN(C2CCCCC2)CN3)c1C. The number of hydrogen-bond acceptors (Lipinski definition) is 4. The highest BCUT2D eigenvalue weighted by Gasteiger charge is 2.28. The number of H-pyrrole nitrogens is 1. The fraction of sp³-hybridized carbons (Fsp3) is 0.500. The lowest BCUT2D eigenvalue weighted by Gasteiger charge is -2.38.